The first-order valence-electron chi connectivity index (χ1n) is 6.93. The molecular weight excluding hydrogens is 252 g/mol. The zero-order valence-corrected chi connectivity index (χ0v) is 12.0. The molecule has 0 aliphatic heterocycles. The summed E-state index contributed by atoms with van der Waals surface area (Å²) in [6.07, 6.45) is 9.08. The van der Waals surface area contributed by atoms with Gasteiger partial charge < -0.3 is 9.47 Å². The molecule has 0 aromatic heterocycles. The average molecular weight is 274 g/mol. The predicted octanol–water partition coefficient (Wildman–Crippen LogP) is 3.66. The molecule has 0 fully saturated rings. The van der Waals surface area contributed by atoms with Crippen LogP contribution < -0.4 is 0 Å². The van der Waals surface area contributed by atoms with Gasteiger partial charge in [0.15, 0.2) is 0 Å². The van der Waals surface area contributed by atoms with Crippen LogP contribution in [0.15, 0.2) is 54.6 Å². The molecule has 0 saturated heterocycles. The minimum atomic E-state index is -0.275. The number of benzene rings is 1. The van der Waals surface area contributed by atoms with Gasteiger partial charge in [-0.3, -0.25) is 0 Å². The number of hydrogen-bond acceptors (Lipinski definition) is 3. The summed E-state index contributed by atoms with van der Waals surface area (Å²) in [4.78, 5) is 11.0. The summed E-state index contributed by atoms with van der Waals surface area (Å²) in [5.41, 5.74) is 1.18. The predicted molar refractivity (Wildman–Crippen MR) is 80.2 cm³/mol. The highest BCUT2D eigenvalue weighted by Gasteiger charge is 1.91. The Hall–Kier alpha value is -1.87. The number of carbonyl (C=O) groups excluding carboxylic acids is 1. The first-order valence-corrected chi connectivity index (χ1v) is 6.93. The number of rotatable bonds is 9. The Balaban J connectivity index is 2.01. The third-order valence-corrected chi connectivity index (χ3v) is 2.53. The standard InChI is InChI=1S/C17H22O3/c1-2-20-17(18)13-9-4-3-5-10-14-19-15-16-11-7-6-8-12-16/h5-13H,2-4,14-15H2,1H3/b10-5-,13-9+. The van der Waals surface area contributed by atoms with E-state index in [1.165, 1.54) is 11.6 Å². The molecule has 0 radical (unpaired) electrons. The van der Waals surface area contributed by atoms with Gasteiger partial charge in [0.05, 0.1) is 19.8 Å². The van der Waals surface area contributed by atoms with Gasteiger partial charge in [0.25, 0.3) is 0 Å². The van der Waals surface area contributed by atoms with Crippen molar-refractivity contribution in [2.24, 2.45) is 0 Å². The van der Waals surface area contributed by atoms with Crippen LogP contribution in [0.2, 0.25) is 0 Å². The Morgan fingerprint density at radius 1 is 1.10 bits per heavy atom. The molecule has 0 saturated carbocycles. The van der Waals surface area contributed by atoms with Crippen molar-refractivity contribution in [2.45, 2.75) is 26.4 Å². The number of hydrogen-bond donors (Lipinski definition) is 0. The Morgan fingerprint density at radius 2 is 1.85 bits per heavy atom. The topological polar surface area (TPSA) is 35.5 Å². The summed E-state index contributed by atoms with van der Waals surface area (Å²) in [6.45, 7) is 3.45. The van der Waals surface area contributed by atoms with E-state index < -0.39 is 0 Å². The van der Waals surface area contributed by atoms with E-state index in [1.807, 2.05) is 42.5 Å². The summed E-state index contributed by atoms with van der Waals surface area (Å²) < 4.78 is 10.3. The molecule has 0 heterocycles. The molecular formula is C17H22O3. The van der Waals surface area contributed by atoms with Crippen LogP contribution in [0.5, 0.6) is 0 Å². The van der Waals surface area contributed by atoms with E-state index in [-0.39, 0.29) is 5.97 Å². The summed E-state index contributed by atoms with van der Waals surface area (Å²) in [5.74, 6) is -0.275. The molecule has 3 nitrogen and oxygen atoms in total. The molecule has 0 aliphatic rings. The van der Waals surface area contributed by atoms with Crippen LogP contribution in [0.1, 0.15) is 25.3 Å². The Morgan fingerprint density at radius 3 is 2.60 bits per heavy atom. The van der Waals surface area contributed by atoms with E-state index in [4.69, 9.17) is 9.47 Å². The quantitative estimate of drug-likeness (QED) is 0.298. The van der Waals surface area contributed by atoms with Gasteiger partial charge in [0, 0.05) is 6.08 Å². The van der Waals surface area contributed by atoms with Crippen molar-refractivity contribution in [1.29, 1.82) is 0 Å². The van der Waals surface area contributed by atoms with Crippen LogP contribution in [-0.4, -0.2) is 19.2 Å². The fourth-order valence-corrected chi connectivity index (χ4v) is 1.57. The first kappa shape index (κ1) is 16.2. The lowest BCUT2D eigenvalue weighted by molar-refractivity contribution is -0.137. The summed E-state index contributed by atoms with van der Waals surface area (Å²) in [5, 5.41) is 0. The minimum Gasteiger partial charge on any atom is -0.463 e. The maximum atomic E-state index is 11.0. The Labute approximate surface area is 120 Å². The number of ether oxygens (including phenoxy) is 2. The molecule has 0 bridgehead atoms. The van der Waals surface area contributed by atoms with Crippen molar-refractivity contribution in [1.82, 2.24) is 0 Å². The van der Waals surface area contributed by atoms with Gasteiger partial charge in [0.1, 0.15) is 0 Å². The SMILES string of the molecule is CCOC(=O)/C=C/CC/C=C\COCc1ccccc1. The van der Waals surface area contributed by atoms with E-state index in [9.17, 15) is 4.79 Å². The van der Waals surface area contributed by atoms with Crippen molar-refractivity contribution in [3.05, 3.63) is 60.2 Å². The fraction of sp³-hybridized carbons (Fsp3) is 0.353. The molecule has 0 spiro atoms. The molecule has 0 unspecified atom stereocenters. The maximum Gasteiger partial charge on any atom is 0.330 e. The molecule has 3 heteroatoms. The second-order valence-corrected chi connectivity index (χ2v) is 4.20. The largest absolute Gasteiger partial charge is 0.463 e. The van der Waals surface area contributed by atoms with Crippen LogP contribution in [-0.2, 0) is 20.9 Å². The van der Waals surface area contributed by atoms with Crippen molar-refractivity contribution < 1.29 is 14.3 Å². The highest BCUT2D eigenvalue weighted by Crippen LogP contribution is 2.00. The van der Waals surface area contributed by atoms with Crippen molar-refractivity contribution in [3.8, 4) is 0 Å². The van der Waals surface area contributed by atoms with E-state index in [0.717, 1.165) is 12.8 Å². The highest BCUT2D eigenvalue weighted by molar-refractivity contribution is 5.81. The lowest BCUT2D eigenvalue weighted by atomic mass is 10.2. The van der Waals surface area contributed by atoms with Crippen molar-refractivity contribution >= 4 is 5.97 Å². The summed E-state index contributed by atoms with van der Waals surface area (Å²) in [6, 6.07) is 10.1. The third-order valence-electron chi connectivity index (χ3n) is 2.53. The molecule has 0 amide bonds. The van der Waals surface area contributed by atoms with Gasteiger partial charge >= 0.3 is 5.97 Å². The molecule has 1 aromatic rings. The maximum absolute atomic E-state index is 11.0. The minimum absolute atomic E-state index is 0.275. The van der Waals surface area contributed by atoms with E-state index in [2.05, 4.69) is 6.08 Å². The van der Waals surface area contributed by atoms with Gasteiger partial charge in [-0.05, 0) is 25.3 Å². The van der Waals surface area contributed by atoms with Gasteiger partial charge in [-0.1, -0.05) is 48.6 Å². The monoisotopic (exact) mass is 274 g/mol. The van der Waals surface area contributed by atoms with E-state index >= 15 is 0 Å². The summed E-state index contributed by atoms with van der Waals surface area (Å²) >= 11 is 0. The van der Waals surface area contributed by atoms with Gasteiger partial charge in [-0.25, -0.2) is 4.79 Å². The molecule has 0 N–H and O–H groups in total. The van der Waals surface area contributed by atoms with Crippen LogP contribution in [0.4, 0.5) is 0 Å². The normalized spacial score (nSPS) is 11.2. The van der Waals surface area contributed by atoms with Crippen LogP contribution >= 0.6 is 0 Å². The highest BCUT2D eigenvalue weighted by atomic mass is 16.5. The number of esters is 1. The number of unbranched alkanes of at least 4 members (excludes halogenated alkanes) is 1. The van der Waals surface area contributed by atoms with Gasteiger partial charge in [-0.2, -0.15) is 0 Å². The molecule has 1 aromatic carbocycles. The molecule has 20 heavy (non-hydrogen) atoms. The van der Waals surface area contributed by atoms with Gasteiger partial charge in [0.2, 0.25) is 0 Å². The first-order chi connectivity index (χ1) is 9.83. The third kappa shape index (κ3) is 8.27. The second kappa shape index (κ2) is 11.0. The molecule has 1 rings (SSSR count). The zero-order chi connectivity index (χ0) is 14.5. The van der Waals surface area contributed by atoms with Crippen LogP contribution in [0.25, 0.3) is 0 Å². The lowest BCUT2D eigenvalue weighted by Crippen LogP contribution is -1.98. The molecule has 0 aliphatic carbocycles. The van der Waals surface area contributed by atoms with Crippen molar-refractivity contribution in [2.75, 3.05) is 13.2 Å². The smallest absolute Gasteiger partial charge is 0.330 e. The Kier molecular flexibility index (Phi) is 8.90. The number of carbonyl (C=O) groups is 1. The Bertz CT molecular complexity index is 421. The van der Waals surface area contributed by atoms with E-state index in [1.54, 1.807) is 6.92 Å². The molecule has 0 atom stereocenters. The molecule has 108 valence electrons. The van der Waals surface area contributed by atoms with Crippen molar-refractivity contribution in [3.63, 3.8) is 0 Å². The summed E-state index contributed by atoms with van der Waals surface area (Å²) in [7, 11) is 0. The van der Waals surface area contributed by atoms with E-state index in [0.29, 0.717) is 19.8 Å². The second-order valence-electron chi connectivity index (χ2n) is 4.20. The number of allylic oxidation sites excluding steroid dienone is 2. The van der Waals surface area contributed by atoms with Gasteiger partial charge in [-0.15, -0.1) is 0 Å². The van der Waals surface area contributed by atoms with Crippen LogP contribution in [0.3, 0.4) is 0 Å². The zero-order valence-electron chi connectivity index (χ0n) is 12.0. The fourth-order valence-electron chi connectivity index (χ4n) is 1.57. The van der Waals surface area contributed by atoms with Crippen LogP contribution in [0, 0.1) is 0 Å². The average Bonchev–Trinajstić information content (AvgIpc) is 2.47. The lowest BCUT2D eigenvalue weighted by Gasteiger charge is -2.00.